The van der Waals surface area contributed by atoms with E-state index in [1.165, 1.54) is 6.26 Å². The van der Waals surface area contributed by atoms with Crippen molar-refractivity contribution in [2.24, 2.45) is 5.92 Å². The summed E-state index contributed by atoms with van der Waals surface area (Å²) in [5, 5.41) is 5.71. The highest BCUT2D eigenvalue weighted by Gasteiger charge is 2.24. The molecule has 0 spiro atoms. The van der Waals surface area contributed by atoms with Gasteiger partial charge in [0, 0.05) is 25.9 Å². The lowest BCUT2D eigenvalue weighted by molar-refractivity contribution is -0.126. The number of carbonyl (C=O) groups is 1. The molecule has 0 aromatic carbocycles. The van der Waals surface area contributed by atoms with Gasteiger partial charge in [0.1, 0.15) is 9.84 Å². The van der Waals surface area contributed by atoms with Crippen LogP contribution in [0.5, 0.6) is 0 Å². The third kappa shape index (κ3) is 4.06. The normalized spacial score (nSPS) is 17.5. The van der Waals surface area contributed by atoms with Crippen molar-refractivity contribution in [3.8, 4) is 0 Å². The van der Waals surface area contributed by atoms with Crippen LogP contribution in [0.4, 0.5) is 0 Å². The van der Waals surface area contributed by atoms with E-state index in [1.54, 1.807) is 0 Å². The van der Waals surface area contributed by atoms with Crippen LogP contribution >= 0.6 is 0 Å². The van der Waals surface area contributed by atoms with Gasteiger partial charge >= 0.3 is 0 Å². The molecule has 1 heterocycles. The Labute approximate surface area is 84.2 Å². The first-order valence-electron chi connectivity index (χ1n) is 4.65. The zero-order chi connectivity index (χ0) is 10.6. The van der Waals surface area contributed by atoms with Crippen LogP contribution in [0.3, 0.4) is 0 Å². The van der Waals surface area contributed by atoms with E-state index >= 15 is 0 Å². The molecule has 1 fully saturated rings. The zero-order valence-corrected chi connectivity index (χ0v) is 9.06. The second-order valence-electron chi connectivity index (χ2n) is 3.63. The highest BCUT2D eigenvalue weighted by molar-refractivity contribution is 7.90. The predicted molar refractivity (Wildman–Crippen MR) is 53.7 cm³/mol. The summed E-state index contributed by atoms with van der Waals surface area (Å²) in [5.74, 6) is 0.237. The van der Waals surface area contributed by atoms with Gasteiger partial charge in [0.25, 0.3) is 0 Å². The van der Waals surface area contributed by atoms with Gasteiger partial charge in [0.15, 0.2) is 0 Å². The Morgan fingerprint density at radius 3 is 2.57 bits per heavy atom. The van der Waals surface area contributed by atoms with Crippen LogP contribution in [-0.4, -0.2) is 46.0 Å². The molecule has 1 aliphatic rings. The summed E-state index contributed by atoms with van der Waals surface area (Å²) < 4.78 is 21.5. The summed E-state index contributed by atoms with van der Waals surface area (Å²) in [6.07, 6.45) is 1.69. The third-order valence-corrected chi connectivity index (χ3v) is 3.17. The molecule has 0 aromatic heterocycles. The highest BCUT2D eigenvalue weighted by Crippen LogP contribution is 2.01. The fraction of sp³-hybridized carbons (Fsp3) is 0.875. The average Bonchev–Trinajstić information content (AvgIpc) is 1.92. The van der Waals surface area contributed by atoms with Gasteiger partial charge in [-0.2, -0.15) is 0 Å². The molecule has 2 N–H and O–H groups in total. The Hall–Kier alpha value is -0.620. The molecule has 1 rings (SSSR count). The molecule has 82 valence electrons. The number of carbonyl (C=O) groups excluding carboxylic acids is 1. The molecule has 0 radical (unpaired) electrons. The zero-order valence-electron chi connectivity index (χ0n) is 8.25. The Morgan fingerprint density at radius 2 is 2.14 bits per heavy atom. The fourth-order valence-corrected chi connectivity index (χ4v) is 1.83. The molecule has 0 aromatic rings. The predicted octanol–water partition coefficient (Wildman–Crippen LogP) is -1.24. The van der Waals surface area contributed by atoms with E-state index in [9.17, 15) is 13.2 Å². The first-order valence-corrected chi connectivity index (χ1v) is 6.71. The summed E-state index contributed by atoms with van der Waals surface area (Å²) in [7, 11) is -2.90. The molecule has 1 aliphatic heterocycles. The van der Waals surface area contributed by atoms with E-state index < -0.39 is 9.84 Å². The summed E-state index contributed by atoms with van der Waals surface area (Å²) in [5.41, 5.74) is 0. The van der Waals surface area contributed by atoms with Crippen molar-refractivity contribution in [3.63, 3.8) is 0 Å². The minimum atomic E-state index is -2.90. The van der Waals surface area contributed by atoms with Crippen LogP contribution in [0.15, 0.2) is 0 Å². The Balaban J connectivity index is 2.06. The molecule has 1 saturated heterocycles. The number of rotatable bonds is 5. The Kier molecular flexibility index (Phi) is 3.88. The molecule has 0 unspecified atom stereocenters. The van der Waals surface area contributed by atoms with Crippen LogP contribution < -0.4 is 10.6 Å². The SMILES string of the molecule is CS(=O)(=O)CCCNC(=O)C1CNC1. The summed E-state index contributed by atoms with van der Waals surface area (Å²) in [4.78, 5) is 11.2. The first-order chi connectivity index (χ1) is 6.49. The van der Waals surface area contributed by atoms with Crippen LogP contribution in [-0.2, 0) is 14.6 Å². The monoisotopic (exact) mass is 220 g/mol. The maximum atomic E-state index is 11.2. The fourth-order valence-electron chi connectivity index (χ4n) is 1.16. The molecule has 0 atom stereocenters. The smallest absolute Gasteiger partial charge is 0.225 e. The number of hydrogen-bond donors (Lipinski definition) is 2. The van der Waals surface area contributed by atoms with Gasteiger partial charge in [0.05, 0.1) is 11.7 Å². The molecule has 6 heteroatoms. The summed E-state index contributed by atoms with van der Waals surface area (Å²) in [6, 6.07) is 0. The van der Waals surface area contributed by atoms with Crippen molar-refractivity contribution in [1.82, 2.24) is 10.6 Å². The van der Waals surface area contributed by atoms with Gasteiger partial charge in [-0.1, -0.05) is 0 Å². The average molecular weight is 220 g/mol. The molecule has 14 heavy (non-hydrogen) atoms. The minimum absolute atomic E-state index is 0.0252. The molecule has 5 nitrogen and oxygen atoms in total. The number of hydrogen-bond acceptors (Lipinski definition) is 4. The van der Waals surface area contributed by atoms with Crippen molar-refractivity contribution in [3.05, 3.63) is 0 Å². The molecule has 0 aliphatic carbocycles. The first kappa shape index (κ1) is 11.5. The lowest BCUT2D eigenvalue weighted by Crippen LogP contribution is -2.50. The van der Waals surface area contributed by atoms with Crippen molar-refractivity contribution < 1.29 is 13.2 Å². The molecular weight excluding hydrogens is 204 g/mol. The lowest BCUT2D eigenvalue weighted by atomic mass is 10.0. The lowest BCUT2D eigenvalue weighted by Gasteiger charge is -2.25. The van der Waals surface area contributed by atoms with E-state index in [4.69, 9.17) is 0 Å². The van der Waals surface area contributed by atoms with Crippen LogP contribution in [0.2, 0.25) is 0 Å². The second kappa shape index (κ2) is 4.75. The quantitative estimate of drug-likeness (QED) is 0.568. The van der Waals surface area contributed by atoms with Crippen LogP contribution in [0, 0.1) is 5.92 Å². The van der Waals surface area contributed by atoms with Crippen LogP contribution in [0.25, 0.3) is 0 Å². The van der Waals surface area contributed by atoms with E-state index in [2.05, 4.69) is 10.6 Å². The summed E-state index contributed by atoms with van der Waals surface area (Å²) >= 11 is 0. The van der Waals surface area contributed by atoms with Gasteiger partial charge in [-0.05, 0) is 6.42 Å². The minimum Gasteiger partial charge on any atom is -0.356 e. The number of amides is 1. The third-order valence-electron chi connectivity index (χ3n) is 2.14. The highest BCUT2D eigenvalue weighted by atomic mass is 32.2. The standard InChI is InChI=1S/C8H16N2O3S/c1-14(12,13)4-2-3-10-8(11)7-5-9-6-7/h7,9H,2-6H2,1H3,(H,10,11). The van der Waals surface area contributed by atoms with Crippen molar-refractivity contribution in [2.75, 3.05) is 31.6 Å². The van der Waals surface area contributed by atoms with E-state index in [1.807, 2.05) is 0 Å². The maximum absolute atomic E-state index is 11.2. The van der Waals surface area contributed by atoms with Crippen molar-refractivity contribution >= 4 is 15.7 Å². The van der Waals surface area contributed by atoms with Crippen molar-refractivity contribution in [1.29, 1.82) is 0 Å². The molecule has 0 saturated carbocycles. The number of nitrogens with one attached hydrogen (secondary N) is 2. The maximum Gasteiger partial charge on any atom is 0.225 e. The van der Waals surface area contributed by atoms with Gasteiger partial charge in [-0.25, -0.2) is 8.42 Å². The van der Waals surface area contributed by atoms with E-state index in [0.717, 1.165) is 13.1 Å². The molecular formula is C8H16N2O3S. The van der Waals surface area contributed by atoms with Gasteiger partial charge in [0.2, 0.25) is 5.91 Å². The molecule has 0 bridgehead atoms. The van der Waals surface area contributed by atoms with Gasteiger partial charge in [-0.15, -0.1) is 0 Å². The topological polar surface area (TPSA) is 75.3 Å². The number of sulfone groups is 1. The second-order valence-corrected chi connectivity index (χ2v) is 5.89. The van der Waals surface area contributed by atoms with Crippen molar-refractivity contribution in [2.45, 2.75) is 6.42 Å². The van der Waals surface area contributed by atoms with E-state index in [0.29, 0.717) is 13.0 Å². The largest absolute Gasteiger partial charge is 0.356 e. The van der Waals surface area contributed by atoms with E-state index in [-0.39, 0.29) is 17.6 Å². The molecule has 1 amide bonds. The summed E-state index contributed by atoms with van der Waals surface area (Å²) in [6.45, 7) is 1.91. The Morgan fingerprint density at radius 1 is 1.50 bits per heavy atom. The van der Waals surface area contributed by atoms with Gasteiger partial charge < -0.3 is 10.6 Å². The van der Waals surface area contributed by atoms with Gasteiger partial charge in [-0.3, -0.25) is 4.79 Å². The Bertz CT molecular complexity index is 296. The van der Waals surface area contributed by atoms with Crippen LogP contribution in [0.1, 0.15) is 6.42 Å².